The van der Waals surface area contributed by atoms with Crippen LogP contribution in [0.4, 0.5) is 10.5 Å². The maximum absolute atomic E-state index is 12.2. The van der Waals surface area contributed by atoms with Gasteiger partial charge in [-0.2, -0.15) is 0 Å². The van der Waals surface area contributed by atoms with E-state index < -0.39 is 17.7 Å². The van der Waals surface area contributed by atoms with Crippen molar-refractivity contribution >= 4 is 34.4 Å². The Hall–Kier alpha value is -4.63. The number of hydrogen-bond donors (Lipinski definition) is 4. The van der Waals surface area contributed by atoms with E-state index in [9.17, 15) is 14.7 Å². The Labute approximate surface area is 239 Å². The Bertz CT molecular complexity index is 1520. The first-order chi connectivity index (χ1) is 19.6. The highest BCUT2D eigenvalue weighted by molar-refractivity contribution is 6.22. The first-order valence-corrected chi connectivity index (χ1v) is 13.5. The maximum atomic E-state index is 12.2. The minimum atomic E-state index is -0.510. The zero-order valence-corrected chi connectivity index (χ0v) is 23.8. The van der Waals surface area contributed by atoms with Gasteiger partial charge in [0.2, 0.25) is 0 Å². The van der Waals surface area contributed by atoms with Gasteiger partial charge in [0.15, 0.2) is 5.88 Å². The van der Waals surface area contributed by atoms with Crippen molar-refractivity contribution in [3.05, 3.63) is 95.1 Å². The molecule has 0 aliphatic rings. The maximum Gasteiger partial charge on any atom is 0.407 e. The Kier molecular flexibility index (Phi) is 9.41. The van der Waals surface area contributed by atoms with Crippen molar-refractivity contribution in [1.29, 1.82) is 0 Å². The summed E-state index contributed by atoms with van der Waals surface area (Å²) in [6, 6.07) is 22.5. The number of aliphatic imine (C=N–C) groups is 1. The number of aromatic nitrogens is 1. The number of methoxy groups -OCH3 is 1. The van der Waals surface area contributed by atoms with Crippen LogP contribution in [0.1, 0.15) is 54.2 Å². The molecular weight excluding hydrogens is 520 g/mol. The molecule has 0 aliphatic heterocycles. The number of amides is 1. The molecule has 1 heterocycles. The van der Waals surface area contributed by atoms with Gasteiger partial charge in [0, 0.05) is 29.6 Å². The predicted molar refractivity (Wildman–Crippen MR) is 160 cm³/mol. The standard InChI is InChI=1S/C32H36N4O5/c1-32(2,3)41-31(39)34-18-8-17-33-20-21-11-14-24(15-12-21)35-28(22-9-6-5-7-10-22)27-25-19-23(30(38)40-4)13-16-26(25)36-29(27)37/h5-7,9-16,19,33,36-37H,8,17-18,20H2,1-4H3,(H,34,39). The Morgan fingerprint density at radius 1 is 0.951 bits per heavy atom. The monoisotopic (exact) mass is 556 g/mol. The fraction of sp³-hybridized carbons (Fsp3) is 0.281. The SMILES string of the molecule is COC(=O)c1ccc2[nH]c(O)c(C(=Nc3ccc(CNCCCNC(=O)OC(C)(C)C)cc3)c3ccccc3)c2c1. The summed E-state index contributed by atoms with van der Waals surface area (Å²) < 4.78 is 10.1. The number of esters is 1. The molecule has 0 atom stereocenters. The number of aromatic hydroxyl groups is 1. The van der Waals surface area contributed by atoms with Crippen LogP contribution in [0.3, 0.4) is 0 Å². The average Bonchev–Trinajstić information content (AvgIpc) is 3.28. The molecule has 0 unspecified atom stereocenters. The van der Waals surface area contributed by atoms with Gasteiger partial charge in [-0.3, -0.25) is 0 Å². The first-order valence-electron chi connectivity index (χ1n) is 13.5. The van der Waals surface area contributed by atoms with Gasteiger partial charge in [0.25, 0.3) is 0 Å². The molecule has 0 saturated heterocycles. The number of aromatic amines is 1. The molecule has 4 aromatic rings. The molecule has 0 spiro atoms. The molecule has 1 aromatic heterocycles. The van der Waals surface area contributed by atoms with Crippen LogP contribution in [0.5, 0.6) is 5.88 Å². The summed E-state index contributed by atoms with van der Waals surface area (Å²) >= 11 is 0. The first kappa shape index (κ1) is 29.4. The van der Waals surface area contributed by atoms with Crippen molar-refractivity contribution < 1.29 is 24.2 Å². The molecule has 1 amide bonds. The van der Waals surface area contributed by atoms with Crippen LogP contribution < -0.4 is 10.6 Å². The molecule has 41 heavy (non-hydrogen) atoms. The quantitative estimate of drug-likeness (QED) is 0.111. The number of fused-ring (bicyclic) bond motifs is 1. The third kappa shape index (κ3) is 7.95. The minimum absolute atomic E-state index is 0.0356. The van der Waals surface area contributed by atoms with Gasteiger partial charge in [-0.15, -0.1) is 0 Å². The van der Waals surface area contributed by atoms with E-state index in [1.807, 2.05) is 75.4 Å². The van der Waals surface area contributed by atoms with E-state index >= 15 is 0 Å². The average molecular weight is 557 g/mol. The van der Waals surface area contributed by atoms with E-state index in [1.54, 1.807) is 18.2 Å². The van der Waals surface area contributed by atoms with Gasteiger partial charge < -0.3 is 30.2 Å². The largest absolute Gasteiger partial charge is 0.494 e. The van der Waals surface area contributed by atoms with E-state index in [0.29, 0.717) is 46.5 Å². The van der Waals surface area contributed by atoms with Crippen molar-refractivity contribution in [3.8, 4) is 5.88 Å². The molecule has 0 aliphatic carbocycles. The third-order valence-electron chi connectivity index (χ3n) is 6.19. The Morgan fingerprint density at radius 3 is 2.37 bits per heavy atom. The van der Waals surface area contributed by atoms with E-state index in [0.717, 1.165) is 24.1 Å². The highest BCUT2D eigenvalue weighted by Gasteiger charge is 2.20. The third-order valence-corrected chi connectivity index (χ3v) is 6.19. The summed E-state index contributed by atoms with van der Waals surface area (Å²) in [6.45, 7) is 7.44. The van der Waals surface area contributed by atoms with E-state index in [4.69, 9.17) is 14.5 Å². The van der Waals surface area contributed by atoms with Gasteiger partial charge in [-0.25, -0.2) is 14.6 Å². The van der Waals surface area contributed by atoms with Gasteiger partial charge >= 0.3 is 12.1 Å². The number of carbonyl (C=O) groups is 2. The molecule has 0 fully saturated rings. The molecule has 4 N–H and O–H groups in total. The second-order valence-electron chi connectivity index (χ2n) is 10.6. The molecule has 0 saturated carbocycles. The second-order valence-corrected chi connectivity index (χ2v) is 10.6. The molecule has 9 heteroatoms. The summed E-state index contributed by atoms with van der Waals surface area (Å²) in [4.78, 5) is 31.8. The second kappa shape index (κ2) is 13.1. The van der Waals surface area contributed by atoms with Crippen molar-refractivity contribution in [2.45, 2.75) is 39.3 Å². The van der Waals surface area contributed by atoms with Crippen LogP contribution in [0.25, 0.3) is 10.9 Å². The molecule has 4 rings (SSSR count). The number of alkyl carbamates (subject to hydrolysis) is 1. The van der Waals surface area contributed by atoms with Crippen LogP contribution in [-0.2, 0) is 16.0 Å². The van der Waals surface area contributed by atoms with Crippen molar-refractivity contribution in [2.24, 2.45) is 4.99 Å². The fourth-order valence-electron chi connectivity index (χ4n) is 4.29. The topological polar surface area (TPSA) is 125 Å². The number of rotatable bonds is 10. The predicted octanol–water partition coefficient (Wildman–Crippen LogP) is 5.83. The van der Waals surface area contributed by atoms with Crippen molar-refractivity contribution in [3.63, 3.8) is 0 Å². The van der Waals surface area contributed by atoms with Crippen molar-refractivity contribution in [2.75, 3.05) is 20.2 Å². The molecule has 214 valence electrons. The van der Waals surface area contributed by atoms with Crippen LogP contribution in [-0.4, -0.2) is 53.7 Å². The van der Waals surface area contributed by atoms with Crippen LogP contribution in [0.2, 0.25) is 0 Å². The zero-order valence-electron chi connectivity index (χ0n) is 23.8. The number of benzene rings is 3. The lowest BCUT2D eigenvalue weighted by atomic mass is 9.99. The van der Waals surface area contributed by atoms with E-state index in [2.05, 4.69) is 15.6 Å². The van der Waals surface area contributed by atoms with Crippen LogP contribution in [0, 0.1) is 0 Å². The highest BCUT2D eigenvalue weighted by Crippen LogP contribution is 2.32. The summed E-state index contributed by atoms with van der Waals surface area (Å²) in [6.07, 6.45) is 0.363. The lowest BCUT2D eigenvalue weighted by Crippen LogP contribution is -2.33. The molecular formula is C32H36N4O5. The molecule has 3 aromatic carbocycles. The Morgan fingerprint density at radius 2 is 1.68 bits per heavy atom. The number of nitrogens with one attached hydrogen (secondary N) is 3. The summed E-state index contributed by atoms with van der Waals surface area (Å²) in [5.41, 5.74) is 4.24. The molecule has 9 nitrogen and oxygen atoms in total. The van der Waals surface area contributed by atoms with Crippen LogP contribution >= 0.6 is 0 Å². The number of ether oxygens (including phenoxy) is 2. The molecule has 0 radical (unpaired) electrons. The van der Waals surface area contributed by atoms with Crippen molar-refractivity contribution in [1.82, 2.24) is 15.6 Å². The number of hydrogen-bond acceptors (Lipinski definition) is 7. The van der Waals surface area contributed by atoms with Gasteiger partial charge in [0.1, 0.15) is 5.60 Å². The van der Waals surface area contributed by atoms with Gasteiger partial charge in [0.05, 0.1) is 29.6 Å². The lowest BCUT2D eigenvalue weighted by Gasteiger charge is -2.19. The summed E-state index contributed by atoms with van der Waals surface area (Å²) in [5, 5.41) is 17.7. The van der Waals surface area contributed by atoms with Gasteiger partial charge in [-0.1, -0.05) is 42.5 Å². The Balaban J connectivity index is 1.48. The van der Waals surface area contributed by atoms with Gasteiger partial charge in [-0.05, 0) is 69.6 Å². The lowest BCUT2D eigenvalue weighted by molar-refractivity contribution is 0.0526. The number of carbonyl (C=O) groups excluding carboxylic acids is 2. The highest BCUT2D eigenvalue weighted by atomic mass is 16.6. The van der Waals surface area contributed by atoms with E-state index in [1.165, 1.54) is 7.11 Å². The fourth-order valence-corrected chi connectivity index (χ4v) is 4.29. The zero-order chi connectivity index (χ0) is 29.4. The summed E-state index contributed by atoms with van der Waals surface area (Å²) in [7, 11) is 1.34. The number of H-pyrrole nitrogens is 1. The number of nitrogens with zero attached hydrogens (tertiary/aromatic N) is 1. The minimum Gasteiger partial charge on any atom is -0.494 e. The van der Waals surface area contributed by atoms with E-state index in [-0.39, 0.29) is 5.88 Å². The normalized spacial score (nSPS) is 11.9. The molecule has 0 bridgehead atoms. The van der Waals surface area contributed by atoms with Crippen LogP contribution in [0.15, 0.2) is 77.8 Å². The summed E-state index contributed by atoms with van der Waals surface area (Å²) in [5.74, 6) is -0.494. The smallest absolute Gasteiger partial charge is 0.407 e.